The molecule has 0 aliphatic carbocycles. The summed E-state index contributed by atoms with van der Waals surface area (Å²) in [4.78, 5) is 1.05. The molecule has 0 aliphatic rings. The van der Waals surface area contributed by atoms with Crippen LogP contribution in [-0.4, -0.2) is 0 Å². The lowest BCUT2D eigenvalue weighted by atomic mass is 9.92. The van der Waals surface area contributed by atoms with E-state index in [0.29, 0.717) is 5.92 Å². The van der Waals surface area contributed by atoms with Crippen LogP contribution < -0.4 is 0 Å². The van der Waals surface area contributed by atoms with Crippen LogP contribution in [0.15, 0.2) is 47.4 Å². The quantitative estimate of drug-likeness (QED) is 0.713. The molecule has 1 unspecified atom stereocenters. The maximum absolute atomic E-state index is 4.40. The van der Waals surface area contributed by atoms with E-state index in [1.54, 1.807) is 0 Å². The highest BCUT2D eigenvalue weighted by molar-refractivity contribution is 7.80. The van der Waals surface area contributed by atoms with Crippen LogP contribution in [-0.2, 0) is 6.42 Å². The minimum atomic E-state index is 0.599. The van der Waals surface area contributed by atoms with E-state index in [9.17, 15) is 0 Å². The first-order valence-electron chi connectivity index (χ1n) is 6.90. The first kappa shape index (κ1) is 14.2. The molecular weight excluding hydrogens is 248 g/mol. The van der Waals surface area contributed by atoms with E-state index in [2.05, 4.69) is 69.8 Å². The molecule has 0 N–H and O–H groups in total. The fourth-order valence-corrected chi connectivity index (χ4v) is 2.81. The maximum atomic E-state index is 4.40. The highest BCUT2D eigenvalue weighted by Gasteiger charge is 2.07. The van der Waals surface area contributed by atoms with Gasteiger partial charge in [0.1, 0.15) is 0 Å². The van der Waals surface area contributed by atoms with Crippen molar-refractivity contribution >= 4 is 12.6 Å². The second-order valence-electron chi connectivity index (χ2n) is 5.53. The van der Waals surface area contributed by atoms with Crippen molar-refractivity contribution < 1.29 is 0 Å². The largest absolute Gasteiger partial charge is 0.143 e. The van der Waals surface area contributed by atoms with Crippen molar-refractivity contribution in [1.82, 2.24) is 0 Å². The lowest BCUT2D eigenvalue weighted by Gasteiger charge is -2.14. The molecule has 1 heteroatoms. The lowest BCUT2D eigenvalue weighted by Crippen LogP contribution is -1.98. The van der Waals surface area contributed by atoms with Crippen LogP contribution in [0.4, 0.5) is 0 Å². The van der Waals surface area contributed by atoms with Crippen LogP contribution in [0.25, 0.3) is 0 Å². The average Bonchev–Trinajstić information content (AvgIpc) is 2.35. The standard InChI is InChI=1S/C18H22S/c1-13-9-14(2)11-17(10-13)15(3)7-8-16-5-4-6-18(19)12-16/h4-6,9-12,15,19H,7-8H2,1-3H3. The number of rotatable bonds is 4. The topological polar surface area (TPSA) is 0 Å². The van der Waals surface area contributed by atoms with E-state index >= 15 is 0 Å². The summed E-state index contributed by atoms with van der Waals surface area (Å²) in [6.45, 7) is 6.67. The fourth-order valence-electron chi connectivity index (χ4n) is 2.56. The maximum Gasteiger partial charge on any atom is 0.00427 e. The van der Waals surface area contributed by atoms with Gasteiger partial charge in [-0.25, -0.2) is 0 Å². The molecule has 0 amide bonds. The Morgan fingerprint density at radius 1 is 1.00 bits per heavy atom. The molecule has 100 valence electrons. The van der Waals surface area contributed by atoms with Gasteiger partial charge in [0.15, 0.2) is 0 Å². The molecular formula is C18H22S. The molecule has 0 aliphatic heterocycles. The summed E-state index contributed by atoms with van der Waals surface area (Å²) in [6.07, 6.45) is 2.29. The van der Waals surface area contributed by atoms with Crippen LogP contribution in [0.3, 0.4) is 0 Å². The van der Waals surface area contributed by atoms with Gasteiger partial charge in [0, 0.05) is 4.90 Å². The molecule has 1 atom stereocenters. The Labute approximate surface area is 122 Å². The number of benzene rings is 2. The van der Waals surface area contributed by atoms with Crippen molar-refractivity contribution in [1.29, 1.82) is 0 Å². The van der Waals surface area contributed by atoms with Crippen LogP contribution >= 0.6 is 12.6 Å². The van der Waals surface area contributed by atoms with Gasteiger partial charge in [-0.2, -0.15) is 0 Å². The molecule has 0 nitrogen and oxygen atoms in total. The van der Waals surface area contributed by atoms with Crippen molar-refractivity contribution in [2.45, 2.75) is 44.4 Å². The Morgan fingerprint density at radius 2 is 1.68 bits per heavy atom. The van der Waals surface area contributed by atoms with Gasteiger partial charge in [0.25, 0.3) is 0 Å². The number of hydrogen-bond donors (Lipinski definition) is 1. The first-order chi connectivity index (χ1) is 9.04. The Bertz CT molecular complexity index is 537. The van der Waals surface area contributed by atoms with Gasteiger partial charge < -0.3 is 0 Å². The minimum absolute atomic E-state index is 0.599. The van der Waals surface area contributed by atoms with Crippen molar-refractivity contribution in [2.75, 3.05) is 0 Å². The Kier molecular flexibility index (Phi) is 4.71. The predicted molar refractivity (Wildman–Crippen MR) is 86.3 cm³/mol. The number of thiol groups is 1. The smallest absolute Gasteiger partial charge is 0.00427 e. The molecule has 0 saturated carbocycles. The van der Waals surface area contributed by atoms with Gasteiger partial charge in [-0.3, -0.25) is 0 Å². The molecule has 19 heavy (non-hydrogen) atoms. The van der Waals surface area contributed by atoms with Crippen molar-refractivity contribution in [3.63, 3.8) is 0 Å². The molecule has 0 radical (unpaired) electrons. The summed E-state index contributed by atoms with van der Waals surface area (Å²) >= 11 is 4.40. The lowest BCUT2D eigenvalue weighted by molar-refractivity contribution is 0.678. The normalized spacial score (nSPS) is 12.4. The third-order valence-electron chi connectivity index (χ3n) is 3.59. The molecule has 0 spiro atoms. The predicted octanol–water partition coefficient (Wildman–Crippen LogP) is 5.33. The van der Waals surface area contributed by atoms with E-state index in [4.69, 9.17) is 0 Å². The summed E-state index contributed by atoms with van der Waals surface area (Å²) in [6, 6.07) is 15.3. The van der Waals surface area contributed by atoms with Gasteiger partial charge >= 0.3 is 0 Å². The highest BCUT2D eigenvalue weighted by Crippen LogP contribution is 2.24. The second kappa shape index (κ2) is 6.29. The van der Waals surface area contributed by atoms with Crippen LogP contribution in [0.2, 0.25) is 0 Å². The molecule has 0 fully saturated rings. The van der Waals surface area contributed by atoms with Gasteiger partial charge in [0.2, 0.25) is 0 Å². The summed E-state index contributed by atoms with van der Waals surface area (Å²) in [5.74, 6) is 0.599. The zero-order chi connectivity index (χ0) is 13.8. The monoisotopic (exact) mass is 270 g/mol. The van der Waals surface area contributed by atoms with E-state index in [0.717, 1.165) is 11.3 Å². The van der Waals surface area contributed by atoms with Crippen LogP contribution in [0.5, 0.6) is 0 Å². The average molecular weight is 270 g/mol. The first-order valence-corrected chi connectivity index (χ1v) is 7.35. The number of hydrogen-bond acceptors (Lipinski definition) is 1. The van der Waals surface area contributed by atoms with Crippen LogP contribution in [0, 0.1) is 13.8 Å². The van der Waals surface area contributed by atoms with E-state index in [1.807, 2.05) is 6.07 Å². The van der Waals surface area contributed by atoms with Crippen molar-refractivity contribution in [3.05, 3.63) is 64.7 Å². The third-order valence-corrected chi connectivity index (χ3v) is 3.87. The third kappa shape index (κ3) is 4.14. The van der Waals surface area contributed by atoms with Crippen LogP contribution in [0.1, 0.15) is 41.5 Å². The zero-order valence-corrected chi connectivity index (χ0v) is 12.9. The summed E-state index contributed by atoms with van der Waals surface area (Å²) in [7, 11) is 0. The Hall–Kier alpha value is -1.21. The molecule has 2 aromatic rings. The number of aryl methyl sites for hydroxylation is 3. The highest BCUT2D eigenvalue weighted by atomic mass is 32.1. The summed E-state index contributed by atoms with van der Waals surface area (Å²) in [5.41, 5.74) is 5.56. The zero-order valence-electron chi connectivity index (χ0n) is 12.0. The molecule has 0 saturated heterocycles. The summed E-state index contributed by atoms with van der Waals surface area (Å²) in [5, 5.41) is 0. The van der Waals surface area contributed by atoms with Crippen molar-refractivity contribution in [2.24, 2.45) is 0 Å². The van der Waals surface area contributed by atoms with Crippen molar-refractivity contribution in [3.8, 4) is 0 Å². The molecule has 2 rings (SSSR count). The van der Waals surface area contributed by atoms with E-state index in [-0.39, 0.29) is 0 Å². The SMILES string of the molecule is Cc1cc(C)cc(C(C)CCc2cccc(S)c2)c1. The van der Waals surface area contributed by atoms with Gasteiger partial charge in [-0.1, -0.05) is 48.4 Å². The minimum Gasteiger partial charge on any atom is -0.143 e. The van der Waals surface area contributed by atoms with Gasteiger partial charge in [-0.05, 0) is 55.9 Å². The van der Waals surface area contributed by atoms with E-state index < -0.39 is 0 Å². The fraction of sp³-hybridized carbons (Fsp3) is 0.333. The van der Waals surface area contributed by atoms with Gasteiger partial charge in [-0.15, -0.1) is 12.6 Å². The molecule has 0 aromatic heterocycles. The molecule has 0 heterocycles. The summed E-state index contributed by atoms with van der Waals surface area (Å²) < 4.78 is 0. The van der Waals surface area contributed by atoms with E-state index in [1.165, 1.54) is 28.7 Å². The Balaban J connectivity index is 2.03. The van der Waals surface area contributed by atoms with Gasteiger partial charge in [0.05, 0.1) is 0 Å². The molecule has 0 bridgehead atoms. The second-order valence-corrected chi connectivity index (χ2v) is 6.05. The Morgan fingerprint density at radius 3 is 2.32 bits per heavy atom. The molecule has 2 aromatic carbocycles.